The number of esters is 1. The van der Waals surface area contributed by atoms with Crippen LogP contribution >= 0.6 is 0 Å². The third kappa shape index (κ3) is 2.81. The number of hydrogen-bond donors (Lipinski definition) is 0. The Bertz CT molecular complexity index is 519. The second-order valence-electron chi connectivity index (χ2n) is 3.24. The Morgan fingerprint density at radius 1 is 1.56 bits per heavy atom. The third-order valence-corrected chi connectivity index (χ3v) is 2.21. The lowest BCUT2D eigenvalue weighted by molar-refractivity contribution is -0.136. The van der Waals surface area contributed by atoms with E-state index in [0.717, 1.165) is 0 Å². The Balaban J connectivity index is 3.27. The van der Waals surface area contributed by atoms with Crippen molar-refractivity contribution in [3.05, 3.63) is 40.8 Å². The topological polar surface area (TPSA) is 84.3 Å². The molecule has 0 fully saturated rings. The van der Waals surface area contributed by atoms with Crippen molar-refractivity contribution < 1.29 is 14.3 Å². The molecule has 6 heteroatoms. The first-order valence-corrected chi connectivity index (χ1v) is 5.24. The maximum Gasteiger partial charge on any atom is 0.338 e. The quantitative estimate of drug-likeness (QED) is 0.263. The van der Waals surface area contributed by atoms with E-state index < -0.39 is 5.97 Å². The molecule has 0 radical (unpaired) electrons. The van der Waals surface area contributed by atoms with Crippen LogP contribution in [0.3, 0.4) is 0 Å². The molecule has 0 N–H and O–H groups in total. The minimum absolute atomic E-state index is 0.123. The van der Waals surface area contributed by atoms with Gasteiger partial charge in [-0.2, -0.15) is 0 Å². The van der Waals surface area contributed by atoms with Gasteiger partial charge in [0.15, 0.2) is 0 Å². The highest BCUT2D eigenvalue weighted by Gasteiger charge is 2.16. The van der Waals surface area contributed by atoms with E-state index in [2.05, 4.69) is 16.6 Å². The lowest BCUT2D eigenvalue weighted by atomic mass is 10.1. The van der Waals surface area contributed by atoms with Crippen LogP contribution in [0, 0.1) is 0 Å². The smallest absolute Gasteiger partial charge is 0.338 e. The molecule has 94 valence electrons. The number of nitrogens with zero attached hydrogens (tertiary/aromatic N) is 3. The first-order valence-electron chi connectivity index (χ1n) is 5.24. The zero-order valence-corrected chi connectivity index (χ0v) is 10.2. The number of rotatable bonds is 5. The fraction of sp³-hybridized carbons (Fsp3) is 0.250. The van der Waals surface area contributed by atoms with E-state index in [1.807, 2.05) is 0 Å². The molecule has 0 saturated heterocycles. The van der Waals surface area contributed by atoms with Crippen LogP contribution in [0.4, 0.5) is 5.69 Å². The Hall–Kier alpha value is -2.46. The Kier molecular flexibility index (Phi) is 4.78. The molecule has 0 heterocycles. The number of azide groups is 1. The Morgan fingerprint density at radius 3 is 2.83 bits per heavy atom. The van der Waals surface area contributed by atoms with Gasteiger partial charge < -0.3 is 9.47 Å². The predicted molar refractivity (Wildman–Crippen MR) is 67.5 cm³/mol. The van der Waals surface area contributed by atoms with E-state index in [1.54, 1.807) is 25.1 Å². The summed E-state index contributed by atoms with van der Waals surface area (Å²) in [5, 5.41) is 3.53. The first kappa shape index (κ1) is 13.6. The highest BCUT2D eigenvalue weighted by atomic mass is 16.5. The fourth-order valence-corrected chi connectivity index (χ4v) is 1.41. The summed E-state index contributed by atoms with van der Waals surface area (Å²) < 4.78 is 9.92. The number of carbonyl (C=O) groups is 1. The van der Waals surface area contributed by atoms with Crippen LogP contribution in [-0.4, -0.2) is 19.7 Å². The summed E-state index contributed by atoms with van der Waals surface area (Å²) >= 11 is 0. The highest BCUT2D eigenvalue weighted by Crippen LogP contribution is 2.35. The van der Waals surface area contributed by atoms with Gasteiger partial charge in [0.2, 0.25) is 0 Å². The molecular formula is C12H13N3O3. The van der Waals surface area contributed by atoms with Crippen molar-refractivity contribution in [1.29, 1.82) is 0 Å². The van der Waals surface area contributed by atoms with Crippen molar-refractivity contribution in [2.45, 2.75) is 6.92 Å². The van der Waals surface area contributed by atoms with E-state index in [0.29, 0.717) is 11.3 Å². The van der Waals surface area contributed by atoms with E-state index in [-0.39, 0.29) is 17.9 Å². The normalized spacial score (nSPS) is 9.22. The molecule has 0 unspecified atom stereocenters. The van der Waals surface area contributed by atoms with Gasteiger partial charge in [-0.05, 0) is 18.5 Å². The van der Waals surface area contributed by atoms with Gasteiger partial charge in [0.25, 0.3) is 0 Å². The number of hydrogen-bond acceptors (Lipinski definition) is 4. The van der Waals surface area contributed by atoms with Crippen molar-refractivity contribution in [3.63, 3.8) is 0 Å². The molecule has 6 nitrogen and oxygen atoms in total. The van der Waals surface area contributed by atoms with E-state index in [9.17, 15) is 4.79 Å². The summed E-state index contributed by atoms with van der Waals surface area (Å²) in [7, 11) is 1.45. The molecule has 0 aromatic heterocycles. The molecule has 0 atom stereocenters. The number of carbonyl (C=O) groups excluding carboxylic acids is 1. The van der Waals surface area contributed by atoms with Crippen molar-refractivity contribution in [1.82, 2.24) is 0 Å². The van der Waals surface area contributed by atoms with Gasteiger partial charge in [0.1, 0.15) is 5.75 Å². The predicted octanol–water partition coefficient (Wildman–Crippen LogP) is 3.21. The lowest BCUT2D eigenvalue weighted by Crippen LogP contribution is -2.06. The standard InChI is InChI=1S/C12H13N3O3/c1-4-18-12(16)8(2)9-6-5-7-10(17-3)11(9)14-15-13/h5-7H,2,4H2,1,3H3. The van der Waals surface area contributed by atoms with Crippen LogP contribution in [0.5, 0.6) is 5.75 Å². The average molecular weight is 247 g/mol. The molecular weight excluding hydrogens is 234 g/mol. The number of methoxy groups -OCH3 is 1. The molecule has 0 aliphatic heterocycles. The second-order valence-corrected chi connectivity index (χ2v) is 3.24. The Morgan fingerprint density at radius 2 is 2.28 bits per heavy atom. The van der Waals surface area contributed by atoms with Crippen LogP contribution in [0.2, 0.25) is 0 Å². The highest BCUT2D eigenvalue weighted by molar-refractivity contribution is 6.17. The van der Waals surface area contributed by atoms with Crippen molar-refractivity contribution >= 4 is 17.2 Å². The summed E-state index contributed by atoms with van der Waals surface area (Å²) in [6.45, 7) is 5.60. The summed E-state index contributed by atoms with van der Waals surface area (Å²) in [6, 6.07) is 4.92. The fourth-order valence-electron chi connectivity index (χ4n) is 1.41. The molecule has 0 saturated carbocycles. The lowest BCUT2D eigenvalue weighted by Gasteiger charge is -2.11. The average Bonchev–Trinajstić information content (AvgIpc) is 2.38. The van der Waals surface area contributed by atoms with Crippen LogP contribution in [-0.2, 0) is 9.53 Å². The molecule has 0 aliphatic rings. The molecule has 0 bridgehead atoms. The molecule has 1 rings (SSSR count). The minimum Gasteiger partial charge on any atom is -0.496 e. The van der Waals surface area contributed by atoms with Gasteiger partial charge in [-0.3, -0.25) is 0 Å². The van der Waals surface area contributed by atoms with Gasteiger partial charge in [0, 0.05) is 10.5 Å². The molecule has 18 heavy (non-hydrogen) atoms. The summed E-state index contributed by atoms with van der Waals surface area (Å²) in [5.41, 5.74) is 9.28. The molecule has 1 aromatic carbocycles. The molecule has 0 amide bonds. The van der Waals surface area contributed by atoms with Gasteiger partial charge in [0.05, 0.1) is 25.0 Å². The summed E-state index contributed by atoms with van der Waals surface area (Å²) in [4.78, 5) is 14.3. The second kappa shape index (κ2) is 6.32. The van der Waals surface area contributed by atoms with Crippen molar-refractivity contribution in [2.24, 2.45) is 5.11 Å². The van der Waals surface area contributed by atoms with Gasteiger partial charge in [-0.25, -0.2) is 4.79 Å². The van der Waals surface area contributed by atoms with Gasteiger partial charge >= 0.3 is 5.97 Å². The van der Waals surface area contributed by atoms with Gasteiger partial charge in [-0.15, -0.1) is 0 Å². The SMILES string of the molecule is C=C(C(=O)OCC)c1cccc(OC)c1N=[N+]=[N-]. The van der Waals surface area contributed by atoms with Crippen molar-refractivity contribution in [2.75, 3.05) is 13.7 Å². The van der Waals surface area contributed by atoms with E-state index in [1.165, 1.54) is 7.11 Å². The molecule has 0 spiro atoms. The van der Waals surface area contributed by atoms with Gasteiger partial charge in [-0.1, -0.05) is 23.8 Å². The van der Waals surface area contributed by atoms with Crippen molar-refractivity contribution in [3.8, 4) is 5.75 Å². The zero-order valence-electron chi connectivity index (χ0n) is 10.2. The maximum absolute atomic E-state index is 11.6. The Labute approximate surface area is 104 Å². The van der Waals surface area contributed by atoms with Crippen LogP contribution < -0.4 is 4.74 Å². The van der Waals surface area contributed by atoms with E-state index in [4.69, 9.17) is 15.0 Å². The van der Waals surface area contributed by atoms with Crippen LogP contribution in [0.25, 0.3) is 16.0 Å². The summed E-state index contributed by atoms with van der Waals surface area (Å²) in [6.07, 6.45) is 0. The number of benzene rings is 1. The molecule has 0 aliphatic carbocycles. The first-order chi connectivity index (χ1) is 8.65. The summed E-state index contributed by atoms with van der Waals surface area (Å²) in [5.74, 6) is -0.184. The molecule has 1 aromatic rings. The number of ether oxygens (including phenoxy) is 2. The van der Waals surface area contributed by atoms with E-state index >= 15 is 0 Å². The minimum atomic E-state index is -0.555. The largest absolute Gasteiger partial charge is 0.496 e. The monoisotopic (exact) mass is 247 g/mol. The maximum atomic E-state index is 11.6. The third-order valence-electron chi connectivity index (χ3n) is 2.21. The zero-order chi connectivity index (χ0) is 13.5. The van der Waals surface area contributed by atoms with Crippen LogP contribution in [0.1, 0.15) is 12.5 Å². The van der Waals surface area contributed by atoms with Crippen LogP contribution in [0.15, 0.2) is 29.9 Å².